The van der Waals surface area contributed by atoms with Gasteiger partial charge in [-0.05, 0) is 11.4 Å². The second kappa shape index (κ2) is 4.27. The lowest BCUT2D eigenvalue weighted by atomic mass is 10.1. The molecule has 0 saturated carbocycles. The number of H-pyrrole nitrogens is 1. The Morgan fingerprint density at radius 1 is 1.67 bits per heavy atom. The molecule has 78 valence electrons. The molecule has 0 amide bonds. The molecule has 0 unspecified atom stereocenters. The number of esters is 1. The Balaban J connectivity index is 2.27. The average Bonchev–Trinajstić information content (AvgIpc) is 2.86. The Bertz CT molecular complexity index is 448. The van der Waals surface area contributed by atoms with Crippen molar-refractivity contribution in [1.29, 1.82) is 0 Å². The Kier molecular flexibility index (Phi) is 2.82. The van der Waals surface area contributed by atoms with E-state index < -0.39 is 0 Å². The van der Waals surface area contributed by atoms with Gasteiger partial charge in [-0.25, -0.2) is 0 Å². The van der Waals surface area contributed by atoms with Crippen molar-refractivity contribution in [3.63, 3.8) is 0 Å². The van der Waals surface area contributed by atoms with Crippen LogP contribution in [0.25, 0.3) is 10.6 Å². The van der Waals surface area contributed by atoms with E-state index in [1.54, 1.807) is 17.5 Å². The summed E-state index contributed by atoms with van der Waals surface area (Å²) in [6, 6.07) is 3.95. The quantitative estimate of drug-likeness (QED) is 0.806. The highest BCUT2D eigenvalue weighted by Gasteiger charge is 2.12. The van der Waals surface area contributed by atoms with Gasteiger partial charge >= 0.3 is 5.97 Å². The first kappa shape index (κ1) is 9.92. The Morgan fingerprint density at radius 2 is 2.53 bits per heavy atom. The van der Waals surface area contributed by atoms with Gasteiger partial charge in [0.1, 0.15) is 0 Å². The lowest BCUT2D eigenvalue weighted by Gasteiger charge is -1.99. The second-order valence-corrected chi connectivity index (χ2v) is 3.95. The number of aromatic amines is 1. The molecule has 0 aliphatic heterocycles. The maximum Gasteiger partial charge on any atom is 0.310 e. The molecule has 2 aromatic rings. The van der Waals surface area contributed by atoms with Crippen molar-refractivity contribution in [3.05, 3.63) is 29.3 Å². The number of ether oxygens (including phenoxy) is 1. The highest BCUT2D eigenvalue weighted by Crippen LogP contribution is 2.25. The van der Waals surface area contributed by atoms with Crippen LogP contribution in [0.3, 0.4) is 0 Å². The van der Waals surface area contributed by atoms with Gasteiger partial charge in [0.15, 0.2) is 0 Å². The molecule has 2 heterocycles. The first-order valence-electron chi connectivity index (χ1n) is 4.44. The molecule has 4 nitrogen and oxygen atoms in total. The van der Waals surface area contributed by atoms with Gasteiger partial charge in [0.05, 0.1) is 30.3 Å². The van der Waals surface area contributed by atoms with Crippen LogP contribution in [0, 0.1) is 0 Å². The van der Waals surface area contributed by atoms with Crippen molar-refractivity contribution in [2.75, 3.05) is 7.11 Å². The van der Waals surface area contributed by atoms with Crippen molar-refractivity contribution < 1.29 is 9.53 Å². The predicted molar refractivity (Wildman–Crippen MR) is 57.6 cm³/mol. The summed E-state index contributed by atoms with van der Waals surface area (Å²) in [7, 11) is 1.38. The summed E-state index contributed by atoms with van der Waals surface area (Å²) >= 11 is 1.61. The van der Waals surface area contributed by atoms with Gasteiger partial charge in [0.2, 0.25) is 0 Å². The molecule has 0 aliphatic rings. The van der Waals surface area contributed by atoms with E-state index in [0.29, 0.717) is 0 Å². The molecule has 0 fully saturated rings. The number of carbonyl (C=O) groups excluding carboxylic acids is 1. The maximum absolute atomic E-state index is 11.1. The SMILES string of the molecule is COC(=O)Cc1cn[nH]c1-c1cccs1. The molecule has 0 radical (unpaired) electrons. The lowest BCUT2D eigenvalue weighted by Crippen LogP contribution is -2.04. The molecule has 0 saturated heterocycles. The lowest BCUT2D eigenvalue weighted by molar-refractivity contribution is -0.139. The van der Waals surface area contributed by atoms with Crippen molar-refractivity contribution >= 4 is 17.3 Å². The summed E-state index contributed by atoms with van der Waals surface area (Å²) in [4.78, 5) is 12.2. The zero-order chi connectivity index (χ0) is 10.7. The van der Waals surface area contributed by atoms with Gasteiger partial charge in [-0.1, -0.05) is 6.07 Å². The van der Waals surface area contributed by atoms with Crippen LogP contribution in [-0.4, -0.2) is 23.3 Å². The monoisotopic (exact) mass is 222 g/mol. The number of aromatic nitrogens is 2. The van der Waals surface area contributed by atoms with E-state index in [4.69, 9.17) is 0 Å². The van der Waals surface area contributed by atoms with Crippen LogP contribution >= 0.6 is 11.3 Å². The van der Waals surface area contributed by atoms with Crippen LogP contribution < -0.4 is 0 Å². The van der Waals surface area contributed by atoms with E-state index in [-0.39, 0.29) is 12.4 Å². The molecule has 5 heteroatoms. The summed E-state index contributed by atoms with van der Waals surface area (Å²) in [5.41, 5.74) is 1.76. The largest absolute Gasteiger partial charge is 0.469 e. The topological polar surface area (TPSA) is 55.0 Å². The standard InChI is InChI=1S/C10H10N2O2S/c1-14-9(13)5-7-6-11-12-10(7)8-3-2-4-15-8/h2-4,6H,5H2,1H3,(H,11,12). The third-order valence-electron chi connectivity index (χ3n) is 2.05. The third-order valence-corrected chi connectivity index (χ3v) is 2.94. The highest BCUT2D eigenvalue weighted by molar-refractivity contribution is 7.13. The molecule has 2 aromatic heterocycles. The molecular formula is C10H10N2O2S. The van der Waals surface area contributed by atoms with Crippen LogP contribution in [0.1, 0.15) is 5.56 Å². The van der Waals surface area contributed by atoms with Crippen molar-refractivity contribution in [3.8, 4) is 10.6 Å². The fraction of sp³-hybridized carbons (Fsp3) is 0.200. The number of nitrogens with zero attached hydrogens (tertiary/aromatic N) is 1. The first-order chi connectivity index (χ1) is 7.31. The van der Waals surface area contributed by atoms with E-state index in [1.807, 2.05) is 17.5 Å². The summed E-state index contributed by atoms with van der Waals surface area (Å²) in [6.07, 6.45) is 1.91. The fourth-order valence-electron chi connectivity index (χ4n) is 1.31. The second-order valence-electron chi connectivity index (χ2n) is 3.00. The van der Waals surface area contributed by atoms with E-state index in [0.717, 1.165) is 16.1 Å². The summed E-state index contributed by atoms with van der Waals surface area (Å²) in [5, 5.41) is 8.81. The zero-order valence-electron chi connectivity index (χ0n) is 8.19. The molecule has 15 heavy (non-hydrogen) atoms. The van der Waals surface area contributed by atoms with Gasteiger partial charge in [-0.15, -0.1) is 11.3 Å². The molecule has 0 aliphatic carbocycles. The smallest absolute Gasteiger partial charge is 0.310 e. The number of hydrogen-bond acceptors (Lipinski definition) is 4. The minimum absolute atomic E-state index is 0.250. The van der Waals surface area contributed by atoms with Gasteiger partial charge in [-0.2, -0.15) is 5.10 Å². The summed E-state index contributed by atoms with van der Waals surface area (Å²) in [5.74, 6) is -0.255. The number of carbonyl (C=O) groups is 1. The van der Waals surface area contributed by atoms with Crippen LogP contribution in [-0.2, 0) is 16.0 Å². The first-order valence-corrected chi connectivity index (χ1v) is 5.32. The number of hydrogen-bond donors (Lipinski definition) is 1. The minimum Gasteiger partial charge on any atom is -0.469 e. The normalized spacial score (nSPS) is 10.2. The summed E-state index contributed by atoms with van der Waals surface area (Å²) in [6.45, 7) is 0. The van der Waals surface area contributed by atoms with Gasteiger partial charge in [0.25, 0.3) is 0 Å². The molecule has 0 atom stereocenters. The van der Waals surface area contributed by atoms with E-state index in [2.05, 4.69) is 14.9 Å². The Hall–Kier alpha value is -1.62. The zero-order valence-corrected chi connectivity index (χ0v) is 9.00. The van der Waals surface area contributed by atoms with Gasteiger partial charge in [-0.3, -0.25) is 9.89 Å². The average molecular weight is 222 g/mol. The van der Waals surface area contributed by atoms with Crippen molar-refractivity contribution in [2.45, 2.75) is 6.42 Å². The molecule has 0 spiro atoms. The number of nitrogens with one attached hydrogen (secondary N) is 1. The van der Waals surface area contributed by atoms with E-state index in [1.165, 1.54) is 7.11 Å². The predicted octanol–water partition coefficient (Wildman–Crippen LogP) is 1.85. The fourth-order valence-corrected chi connectivity index (χ4v) is 2.06. The molecular weight excluding hydrogens is 212 g/mol. The van der Waals surface area contributed by atoms with E-state index >= 15 is 0 Å². The van der Waals surface area contributed by atoms with Gasteiger partial charge in [0, 0.05) is 5.56 Å². The Labute approximate surface area is 90.9 Å². The molecule has 1 N–H and O–H groups in total. The third kappa shape index (κ3) is 2.07. The van der Waals surface area contributed by atoms with Crippen LogP contribution in [0.5, 0.6) is 0 Å². The number of methoxy groups -OCH3 is 1. The van der Waals surface area contributed by atoms with Gasteiger partial charge < -0.3 is 4.74 Å². The van der Waals surface area contributed by atoms with Crippen molar-refractivity contribution in [2.24, 2.45) is 0 Å². The Morgan fingerprint density at radius 3 is 3.20 bits per heavy atom. The van der Waals surface area contributed by atoms with E-state index in [9.17, 15) is 4.79 Å². The highest BCUT2D eigenvalue weighted by atomic mass is 32.1. The maximum atomic E-state index is 11.1. The number of thiophene rings is 1. The number of rotatable bonds is 3. The molecule has 0 aromatic carbocycles. The molecule has 0 bridgehead atoms. The summed E-state index contributed by atoms with van der Waals surface area (Å²) < 4.78 is 4.62. The van der Waals surface area contributed by atoms with Crippen molar-refractivity contribution in [1.82, 2.24) is 10.2 Å². The minimum atomic E-state index is -0.255. The van der Waals surface area contributed by atoms with Crippen LogP contribution in [0.2, 0.25) is 0 Å². The van der Waals surface area contributed by atoms with Crippen LogP contribution in [0.15, 0.2) is 23.7 Å². The molecule has 2 rings (SSSR count). The van der Waals surface area contributed by atoms with Crippen LogP contribution in [0.4, 0.5) is 0 Å².